The van der Waals surface area contributed by atoms with E-state index < -0.39 is 10.1 Å². The van der Waals surface area contributed by atoms with Gasteiger partial charge in [-0.2, -0.15) is 8.42 Å². The molecular weight excluding hydrogens is 360 g/mol. The van der Waals surface area contributed by atoms with Crippen LogP contribution in [0.1, 0.15) is 96.0 Å². The van der Waals surface area contributed by atoms with Crippen molar-refractivity contribution in [2.24, 2.45) is 0 Å². The summed E-state index contributed by atoms with van der Waals surface area (Å²) in [4.78, 5) is 0. The van der Waals surface area contributed by atoms with Gasteiger partial charge in [0, 0.05) is 0 Å². The van der Waals surface area contributed by atoms with Gasteiger partial charge in [0.2, 0.25) is 0 Å². The molecule has 1 rings (SSSR count). The number of phenols is 1. The first-order chi connectivity index (χ1) is 12.9. The maximum atomic E-state index is 12.0. The Morgan fingerprint density at radius 3 is 1.78 bits per heavy atom. The molecule has 0 aliphatic rings. The van der Waals surface area contributed by atoms with Gasteiger partial charge in [0.25, 0.3) is 0 Å². The highest BCUT2D eigenvalue weighted by atomic mass is 32.2. The fourth-order valence-electron chi connectivity index (χ4n) is 3.17. The molecule has 4 nitrogen and oxygen atoms in total. The van der Waals surface area contributed by atoms with Crippen LogP contribution in [-0.4, -0.2) is 19.3 Å². The van der Waals surface area contributed by atoms with Gasteiger partial charge in [0.05, 0.1) is 5.75 Å². The average Bonchev–Trinajstić information content (AvgIpc) is 2.61. The SMILES string of the molecule is CCCCCCCCCCCCCCCS(=O)(=O)Oc1ccc(C)cc1O. The lowest BCUT2D eigenvalue weighted by Crippen LogP contribution is -2.14. The van der Waals surface area contributed by atoms with Crippen LogP contribution in [-0.2, 0) is 10.1 Å². The third-order valence-electron chi connectivity index (χ3n) is 4.83. The second-order valence-corrected chi connectivity index (χ2v) is 9.25. The molecule has 0 spiro atoms. The molecule has 27 heavy (non-hydrogen) atoms. The van der Waals surface area contributed by atoms with Crippen molar-refractivity contribution in [2.75, 3.05) is 5.75 Å². The molecule has 0 aliphatic carbocycles. The summed E-state index contributed by atoms with van der Waals surface area (Å²) in [7, 11) is -3.64. The normalized spacial score (nSPS) is 11.6. The minimum atomic E-state index is -3.64. The van der Waals surface area contributed by atoms with Crippen molar-refractivity contribution >= 4 is 10.1 Å². The molecule has 0 unspecified atom stereocenters. The van der Waals surface area contributed by atoms with Crippen molar-refractivity contribution in [3.05, 3.63) is 23.8 Å². The molecule has 0 aromatic heterocycles. The van der Waals surface area contributed by atoms with Gasteiger partial charge >= 0.3 is 10.1 Å². The minimum Gasteiger partial charge on any atom is -0.504 e. The van der Waals surface area contributed by atoms with Crippen molar-refractivity contribution in [3.8, 4) is 11.5 Å². The molecule has 0 fully saturated rings. The number of aromatic hydroxyl groups is 1. The fraction of sp³-hybridized carbons (Fsp3) is 0.727. The van der Waals surface area contributed by atoms with Gasteiger partial charge in [-0.25, -0.2) is 0 Å². The van der Waals surface area contributed by atoms with Crippen LogP contribution in [0.3, 0.4) is 0 Å². The summed E-state index contributed by atoms with van der Waals surface area (Å²) in [5, 5.41) is 9.75. The maximum absolute atomic E-state index is 12.0. The third kappa shape index (κ3) is 12.0. The summed E-state index contributed by atoms with van der Waals surface area (Å²) in [5.41, 5.74) is 0.855. The number of hydrogen-bond acceptors (Lipinski definition) is 4. The fourth-order valence-corrected chi connectivity index (χ4v) is 4.23. The Morgan fingerprint density at radius 1 is 0.815 bits per heavy atom. The van der Waals surface area contributed by atoms with Crippen LogP contribution in [0, 0.1) is 6.92 Å². The Labute approximate surface area is 166 Å². The summed E-state index contributed by atoms with van der Waals surface area (Å²) in [6, 6.07) is 4.71. The highest BCUT2D eigenvalue weighted by Crippen LogP contribution is 2.28. The second-order valence-electron chi connectivity index (χ2n) is 7.56. The van der Waals surface area contributed by atoms with E-state index >= 15 is 0 Å². The Morgan fingerprint density at radius 2 is 1.30 bits per heavy atom. The largest absolute Gasteiger partial charge is 0.504 e. The molecule has 0 saturated carbocycles. The summed E-state index contributed by atoms with van der Waals surface area (Å²) < 4.78 is 29.0. The molecule has 0 saturated heterocycles. The van der Waals surface area contributed by atoms with E-state index in [0.29, 0.717) is 6.42 Å². The van der Waals surface area contributed by atoms with Gasteiger partial charge in [0.1, 0.15) is 0 Å². The highest BCUT2D eigenvalue weighted by Gasteiger charge is 2.15. The van der Waals surface area contributed by atoms with Gasteiger partial charge in [0.15, 0.2) is 11.5 Å². The number of rotatable bonds is 16. The van der Waals surface area contributed by atoms with Gasteiger partial charge in [-0.1, -0.05) is 90.0 Å². The lowest BCUT2D eigenvalue weighted by atomic mass is 10.1. The van der Waals surface area contributed by atoms with Gasteiger partial charge < -0.3 is 9.29 Å². The zero-order valence-electron chi connectivity index (χ0n) is 17.2. The van der Waals surface area contributed by atoms with Crippen molar-refractivity contribution in [2.45, 2.75) is 97.3 Å². The molecule has 1 N–H and O–H groups in total. The molecule has 0 atom stereocenters. The Kier molecular flexibility index (Phi) is 12.2. The predicted octanol–water partition coefficient (Wildman–Crippen LogP) is 6.50. The molecule has 5 heteroatoms. The van der Waals surface area contributed by atoms with Crippen LogP contribution in [0.15, 0.2) is 18.2 Å². The minimum absolute atomic E-state index is 0.00191. The van der Waals surface area contributed by atoms with E-state index in [1.165, 1.54) is 76.3 Å². The molecular formula is C22H38O4S. The predicted molar refractivity (Wildman–Crippen MR) is 113 cm³/mol. The highest BCUT2D eigenvalue weighted by molar-refractivity contribution is 7.87. The Balaban J connectivity index is 2.02. The summed E-state index contributed by atoms with van der Waals surface area (Å²) >= 11 is 0. The van der Waals surface area contributed by atoms with Crippen LogP contribution >= 0.6 is 0 Å². The quantitative estimate of drug-likeness (QED) is 0.255. The third-order valence-corrected chi connectivity index (χ3v) is 6.05. The van der Waals surface area contributed by atoms with E-state index in [1.807, 2.05) is 6.92 Å². The van der Waals surface area contributed by atoms with E-state index in [0.717, 1.165) is 18.4 Å². The maximum Gasteiger partial charge on any atom is 0.309 e. The monoisotopic (exact) mass is 398 g/mol. The molecule has 1 aromatic carbocycles. The van der Waals surface area contributed by atoms with E-state index in [4.69, 9.17) is 4.18 Å². The summed E-state index contributed by atoms with van der Waals surface area (Å²) in [6.45, 7) is 4.07. The van der Waals surface area contributed by atoms with E-state index in [-0.39, 0.29) is 17.3 Å². The first-order valence-corrected chi connectivity index (χ1v) is 12.2. The van der Waals surface area contributed by atoms with Crippen LogP contribution < -0.4 is 4.18 Å². The van der Waals surface area contributed by atoms with E-state index in [9.17, 15) is 13.5 Å². The smallest absolute Gasteiger partial charge is 0.309 e. The van der Waals surface area contributed by atoms with Crippen molar-refractivity contribution in [3.63, 3.8) is 0 Å². The standard InChI is InChI=1S/C22H38O4S/c1-3-4-5-6-7-8-9-10-11-12-13-14-15-18-27(24,25)26-22-17-16-20(2)19-21(22)23/h16-17,19,23H,3-15,18H2,1-2H3. The molecule has 0 heterocycles. The topological polar surface area (TPSA) is 63.6 Å². The zero-order valence-corrected chi connectivity index (χ0v) is 18.0. The van der Waals surface area contributed by atoms with Gasteiger partial charge in [-0.3, -0.25) is 0 Å². The molecule has 1 aromatic rings. The van der Waals surface area contributed by atoms with Crippen molar-refractivity contribution in [1.82, 2.24) is 0 Å². The second kappa shape index (κ2) is 13.9. The van der Waals surface area contributed by atoms with Crippen LogP contribution in [0.4, 0.5) is 0 Å². The zero-order chi connectivity index (χ0) is 20.0. The molecule has 156 valence electrons. The lowest BCUT2D eigenvalue weighted by Gasteiger charge is -2.09. The van der Waals surface area contributed by atoms with Crippen molar-refractivity contribution < 1.29 is 17.7 Å². The lowest BCUT2D eigenvalue weighted by molar-refractivity contribution is 0.426. The number of benzene rings is 1. The summed E-state index contributed by atoms with van der Waals surface area (Å²) in [6.07, 6.45) is 15.8. The molecule has 0 amide bonds. The summed E-state index contributed by atoms with van der Waals surface area (Å²) in [5.74, 6) is -0.128. The number of phenolic OH excluding ortho intramolecular Hbond substituents is 1. The average molecular weight is 399 g/mol. The van der Waals surface area contributed by atoms with Gasteiger partial charge in [-0.05, 0) is 31.0 Å². The number of unbranched alkanes of at least 4 members (excludes halogenated alkanes) is 12. The number of hydrogen-bond donors (Lipinski definition) is 1. The van der Waals surface area contributed by atoms with Crippen LogP contribution in [0.5, 0.6) is 11.5 Å². The van der Waals surface area contributed by atoms with Gasteiger partial charge in [-0.15, -0.1) is 0 Å². The Hall–Kier alpha value is -1.23. The Bertz CT molecular complexity index is 611. The van der Waals surface area contributed by atoms with E-state index in [1.54, 1.807) is 6.07 Å². The first kappa shape index (κ1) is 23.8. The van der Waals surface area contributed by atoms with Crippen molar-refractivity contribution in [1.29, 1.82) is 0 Å². The molecule has 0 radical (unpaired) electrons. The number of aryl methyl sites for hydroxylation is 1. The van der Waals surface area contributed by atoms with Crippen LogP contribution in [0.25, 0.3) is 0 Å². The first-order valence-electron chi connectivity index (χ1n) is 10.7. The molecule has 0 aliphatic heterocycles. The molecule has 0 bridgehead atoms. The van der Waals surface area contributed by atoms with Crippen LogP contribution in [0.2, 0.25) is 0 Å². The van der Waals surface area contributed by atoms with E-state index in [2.05, 4.69) is 6.92 Å².